The minimum atomic E-state index is -0.439. The second kappa shape index (κ2) is 6.78. The second-order valence-electron chi connectivity index (χ2n) is 5.50. The molecule has 126 valence electrons. The van der Waals surface area contributed by atoms with Crippen molar-refractivity contribution in [3.05, 3.63) is 34.3 Å². The molecule has 2 amide bonds. The van der Waals surface area contributed by atoms with Crippen molar-refractivity contribution < 1.29 is 14.3 Å². The Morgan fingerprint density at radius 1 is 1.50 bits per heavy atom. The monoisotopic (exact) mass is 365 g/mol. The van der Waals surface area contributed by atoms with Gasteiger partial charge in [0.05, 0.1) is 24.4 Å². The number of thiazole rings is 1. The molecule has 3 rings (SSSR count). The van der Waals surface area contributed by atoms with Crippen LogP contribution >= 0.6 is 22.9 Å². The van der Waals surface area contributed by atoms with E-state index in [2.05, 4.69) is 10.3 Å². The van der Waals surface area contributed by atoms with Crippen LogP contribution in [0.25, 0.3) is 0 Å². The van der Waals surface area contributed by atoms with Crippen LogP contribution in [0, 0.1) is 12.8 Å². The lowest BCUT2D eigenvalue weighted by molar-refractivity contribution is -0.122. The first-order valence-corrected chi connectivity index (χ1v) is 8.60. The number of amides is 2. The highest BCUT2D eigenvalue weighted by atomic mass is 35.5. The number of aromatic nitrogens is 1. The third-order valence-electron chi connectivity index (χ3n) is 3.78. The molecule has 1 aromatic carbocycles. The number of nitrogens with zero attached hydrogens (tertiary/aromatic N) is 2. The van der Waals surface area contributed by atoms with Crippen LogP contribution < -0.4 is 15.0 Å². The Morgan fingerprint density at radius 3 is 2.96 bits per heavy atom. The number of benzene rings is 1. The molecule has 8 heteroatoms. The van der Waals surface area contributed by atoms with Gasteiger partial charge in [0, 0.05) is 23.4 Å². The van der Waals surface area contributed by atoms with E-state index in [0.29, 0.717) is 21.6 Å². The zero-order valence-electron chi connectivity index (χ0n) is 13.2. The van der Waals surface area contributed by atoms with Crippen molar-refractivity contribution >= 4 is 45.6 Å². The predicted molar refractivity (Wildman–Crippen MR) is 93.9 cm³/mol. The minimum absolute atomic E-state index is 0.133. The zero-order valence-corrected chi connectivity index (χ0v) is 14.8. The number of ether oxygens (including phenoxy) is 1. The van der Waals surface area contributed by atoms with Crippen LogP contribution in [-0.4, -0.2) is 30.5 Å². The largest absolute Gasteiger partial charge is 0.495 e. The molecule has 0 saturated carbocycles. The number of carbonyl (C=O) groups excluding carboxylic acids is 2. The smallest absolute Gasteiger partial charge is 0.231 e. The van der Waals surface area contributed by atoms with Crippen molar-refractivity contribution in [2.75, 3.05) is 23.9 Å². The predicted octanol–water partition coefficient (Wildman–Crippen LogP) is 3.11. The molecule has 0 radical (unpaired) electrons. The van der Waals surface area contributed by atoms with E-state index in [9.17, 15) is 9.59 Å². The molecule has 1 aromatic heterocycles. The van der Waals surface area contributed by atoms with Gasteiger partial charge in [0.25, 0.3) is 0 Å². The molecule has 0 spiro atoms. The molecule has 6 nitrogen and oxygen atoms in total. The second-order valence-corrected chi connectivity index (χ2v) is 6.80. The molecular formula is C16H16ClN3O3S. The topological polar surface area (TPSA) is 71.5 Å². The van der Waals surface area contributed by atoms with Crippen LogP contribution in [0.2, 0.25) is 5.02 Å². The minimum Gasteiger partial charge on any atom is -0.495 e. The lowest BCUT2D eigenvalue weighted by atomic mass is 10.1. The van der Waals surface area contributed by atoms with Crippen molar-refractivity contribution in [1.82, 2.24) is 4.98 Å². The van der Waals surface area contributed by atoms with E-state index in [4.69, 9.17) is 16.3 Å². The fraction of sp³-hybridized carbons (Fsp3) is 0.312. The van der Waals surface area contributed by atoms with E-state index in [0.717, 1.165) is 5.69 Å². The summed E-state index contributed by atoms with van der Waals surface area (Å²) in [4.78, 5) is 30.5. The molecule has 24 heavy (non-hydrogen) atoms. The molecule has 1 aliphatic heterocycles. The molecule has 0 unspecified atom stereocenters. The van der Waals surface area contributed by atoms with Gasteiger partial charge in [-0.3, -0.25) is 9.59 Å². The number of hydrogen-bond acceptors (Lipinski definition) is 5. The quantitative estimate of drug-likeness (QED) is 0.903. The summed E-state index contributed by atoms with van der Waals surface area (Å²) in [6.07, 6.45) is 0.145. The number of carbonyl (C=O) groups is 2. The van der Waals surface area contributed by atoms with Gasteiger partial charge in [0.2, 0.25) is 11.8 Å². The molecule has 2 aromatic rings. The highest BCUT2D eigenvalue weighted by Gasteiger charge is 2.36. The summed E-state index contributed by atoms with van der Waals surface area (Å²) in [5.74, 6) is -0.234. The zero-order chi connectivity index (χ0) is 17.3. The highest BCUT2D eigenvalue weighted by Crippen LogP contribution is 2.35. The van der Waals surface area contributed by atoms with Crippen LogP contribution in [0.5, 0.6) is 5.75 Å². The van der Waals surface area contributed by atoms with Gasteiger partial charge in [-0.15, -0.1) is 11.3 Å². The lowest BCUT2D eigenvalue weighted by Gasteiger charge is -2.19. The van der Waals surface area contributed by atoms with Gasteiger partial charge >= 0.3 is 0 Å². The molecular weight excluding hydrogens is 350 g/mol. The van der Waals surface area contributed by atoms with Crippen molar-refractivity contribution in [2.24, 2.45) is 5.92 Å². The molecule has 1 N–H and O–H groups in total. The van der Waals surface area contributed by atoms with E-state index in [1.807, 2.05) is 12.3 Å². The lowest BCUT2D eigenvalue weighted by Crippen LogP contribution is -2.28. The highest BCUT2D eigenvalue weighted by molar-refractivity contribution is 7.13. The van der Waals surface area contributed by atoms with Crippen LogP contribution in [0.4, 0.5) is 10.8 Å². The van der Waals surface area contributed by atoms with Crippen LogP contribution in [0.1, 0.15) is 12.1 Å². The summed E-state index contributed by atoms with van der Waals surface area (Å²) in [7, 11) is 1.53. The van der Waals surface area contributed by atoms with Gasteiger partial charge in [-0.05, 0) is 25.1 Å². The third-order valence-corrected chi connectivity index (χ3v) is 4.89. The molecule has 1 aliphatic rings. The number of halogens is 1. The van der Waals surface area contributed by atoms with Crippen LogP contribution in [0.3, 0.4) is 0 Å². The molecule has 0 aliphatic carbocycles. The third kappa shape index (κ3) is 3.37. The van der Waals surface area contributed by atoms with Crippen molar-refractivity contribution in [1.29, 1.82) is 0 Å². The van der Waals surface area contributed by atoms with Crippen LogP contribution in [-0.2, 0) is 9.59 Å². The number of methoxy groups -OCH3 is 1. The van der Waals surface area contributed by atoms with E-state index >= 15 is 0 Å². The summed E-state index contributed by atoms with van der Waals surface area (Å²) in [6.45, 7) is 2.14. The molecule has 2 heterocycles. The van der Waals surface area contributed by atoms with Crippen molar-refractivity contribution in [3.63, 3.8) is 0 Å². The van der Waals surface area contributed by atoms with Gasteiger partial charge < -0.3 is 15.0 Å². The fourth-order valence-corrected chi connectivity index (χ4v) is 3.47. The Bertz CT molecular complexity index is 793. The summed E-state index contributed by atoms with van der Waals surface area (Å²) < 4.78 is 5.29. The van der Waals surface area contributed by atoms with Gasteiger partial charge in [-0.1, -0.05) is 11.6 Å². The van der Waals surface area contributed by atoms with E-state index in [1.54, 1.807) is 23.1 Å². The number of anilines is 2. The van der Waals surface area contributed by atoms with Crippen LogP contribution in [0.15, 0.2) is 23.6 Å². The molecule has 1 saturated heterocycles. The maximum Gasteiger partial charge on any atom is 0.231 e. The van der Waals surface area contributed by atoms with Crippen molar-refractivity contribution in [3.8, 4) is 5.75 Å². The average Bonchev–Trinajstić information content (AvgIpc) is 3.13. The Hall–Kier alpha value is -2.12. The average molecular weight is 366 g/mol. The summed E-state index contributed by atoms with van der Waals surface area (Å²) in [5.41, 5.74) is 1.43. The maximum atomic E-state index is 12.4. The van der Waals surface area contributed by atoms with Crippen molar-refractivity contribution in [2.45, 2.75) is 13.3 Å². The Balaban J connectivity index is 1.76. The normalized spacial score (nSPS) is 17.2. The first kappa shape index (κ1) is 16.7. The van der Waals surface area contributed by atoms with Gasteiger partial charge in [-0.25, -0.2) is 4.98 Å². The summed E-state index contributed by atoms with van der Waals surface area (Å²) in [6, 6.07) is 5.07. The van der Waals surface area contributed by atoms with E-state index in [-0.39, 0.29) is 24.8 Å². The Labute approximate surface area is 148 Å². The van der Waals surface area contributed by atoms with Gasteiger partial charge in [0.1, 0.15) is 5.75 Å². The van der Waals surface area contributed by atoms with E-state index < -0.39 is 5.92 Å². The van der Waals surface area contributed by atoms with Gasteiger partial charge in [0.15, 0.2) is 5.13 Å². The Morgan fingerprint density at radius 2 is 2.29 bits per heavy atom. The number of aryl methyl sites for hydroxylation is 1. The first-order valence-electron chi connectivity index (χ1n) is 7.35. The Kier molecular flexibility index (Phi) is 4.73. The first-order chi connectivity index (χ1) is 11.5. The molecule has 1 atom stereocenters. The summed E-state index contributed by atoms with van der Waals surface area (Å²) in [5, 5.41) is 5.68. The number of nitrogens with one attached hydrogen (secondary N) is 1. The maximum absolute atomic E-state index is 12.4. The molecule has 1 fully saturated rings. The standard InChI is InChI=1S/C16H16ClN3O3S/c1-9-8-24-16(18-9)19-15(22)10-5-14(21)20(7-10)12-6-11(17)3-4-13(12)23-2/h3-4,6,8,10H,5,7H2,1-2H3,(H,18,19,22)/t10-/m0/s1. The molecule has 0 bridgehead atoms. The fourth-order valence-electron chi connectivity index (χ4n) is 2.61. The van der Waals surface area contributed by atoms with E-state index in [1.165, 1.54) is 18.4 Å². The number of hydrogen-bond donors (Lipinski definition) is 1. The SMILES string of the molecule is COc1ccc(Cl)cc1N1C[C@@H](C(=O)Nc2nc(C)cs2)CC1=O. The summed E-state index contributed by atoms with van der Waals surface area (Å²) >= 11 is 7.39. The number of rotatable bonds is 4. The van der Waals surface area contributed by atoms with Gasteiger partial charge in [-0.2, -0.15) is 0 Å².